The van der Waals surface area contributed by atoms with Gasteiger partial charge < -0.3 is 10.4 Å². The molecule has 0 aliphatic carbocycles. The zero-order valence-corrected chi connectivity index (χ0v) is 13.1. The van der Waals surface area contributed by atoms with Gasteiger partial charge in [0.1, 0.15) is 0 Å². The van der Waals surface area contributed by atoms with Crippen LogP contribution in [0, 0.1) is 0 Å². The second-order valence-electron chi connectivity index (χ2n) is 5.94. The topological polar surface area (TPSA) is 45.1 Å². The largest absolute Gasteiger partial charge is 0.387 e. The molecule has 2 aromatic heterocycles. The fraction of sp³-hybridized carbons (Fsp3) is 0.438. The highest BCUT2D eigenvalue weighted by molar-refractivity contribution is 7.12. The van der Waals surface area contributed by atoms with Crippen LogP contribution in [0.5, 0.6) is 0 Å². The predicted octanol–water partition coefficient (Wildman–Crippen LogP) is 3.26. The average molecular weight is 290 g/mol. The van der Waals surface area contributed by atoms with Crippen LogP contribution in [-0.2, 0) is 12.0 Å². The van der Waals surface area contributed by atoms with Crippen LogP contribution in [0.15, 0.2) is 36.7 Å². The Balaban J connectivity index is 1.83. The maximum Gasteiger partial charge on any atom is 0.0915 e. The molecule has 2 heterocycles. The van der Waals surface area contributed by atoms with E-state index < -0.39 is 6.10 Å². The summed E-state index contributed by atoms with van der Waals surface area (Å²) in [6, 6.07) is 8.04. The average Bonchev–Trinajstić information content (AvgIpc) is 2.88. The predicted molar refractivity (Wildman–Crippen MR) is 83.9 cm³/mol. The summed E-state index contributed by atoms with van der Waals surface area (Å²) >= 11 is 1.83. The zero-order valence-electron chi connectivity index (χ0n) is 12.3. The van der Waals surface area contributed by atoms with Gasteiger partial charge in [0, 0.05) is 35.2 Å². The van der Waals surface area contributed by atoms with Crippen LogP contribution in [0.4, 0.5) is 0 Å². The Kier molecular flexibility index (Phi) is 4.91. The molecular weight excluding hydrogens is 268 g/mol. The van der Waals surface area contributed by atoms with Crippen molar-refractivity contribution in [3.8, 4) is 0 Å². The van der Waals surface area contributed by atoms with E-state index in [1.54, 1.807) is 12.4 Å². The summed E-state index contributed by atoms with van der Waals surface area (Å²) in [6.07, 6.45) is 2.92. The van der Waals surface area contributed by atoms with E-state index in [4.69, 9.17) is 0 Å². The Hall–Kier alpha value is -1.23. The van der Waals surface area contributed by atoms with Crippen LogP contribution in [0.25, 0.3) is 0 Å². The van der Waals surface area contributed by atoms with Crippen LogP contribution >= 0.6 is 11.3 Å². The lowest BCUT2D eigenvalue weighted by molar-refractivity contribution is 0.174. The van der Waals surface area contributed by atoms with E-state index in [-0.39, 0.29) is 5.41 Å². The highest BCUT2D eigenvalue weighted by Gasteiger charge is 2.16. The highest BCUT2D eigenvalue weighted by Crippen LogP contribution is 2.29. The molecular formula is C16H22N2OS. The number of rotatable bonds is 5. The van der Waals surface area contributed by atoms with Crippen molar-refractivity contribution >= 4 is 11.3 Å². The molecule has 2 aromatic rings. The molecule has 0 aromatic carbocycles. The van der Waals surface area contributed by atoms with Gasteiger partial charge in [0.2, 0.25) is 0 Å². The van der Waals surface area contributed by atoms with E-state index >= 15 is 0 Å². The highest BCUT2D eigenvalue weighted by atomic mass is 32.1. The number of hydrogen-bond donors (Lipinski definition) is 2. The summed E-state index contributed by atoms with van der Waals surface area (Å²) in [4.78, 5) is 6.65. The number of aliphatic hydroxyl groups excluding tert-OH is 1. The van der Waals surface area contributed by atoms with Gasteiger partial charge in [-0.3, -0.25) is 4.98 Å². The molecule has 0 amide bonds. The molecule has 0 fully saturated rings. The molecule has 0 aliphatic rings. The van der Waals surface area contributed by atoms with Gasteiger partial charge in [-0.15, -0.1) is 11.3 Å². The second-order valence-corrected chi connectivity index (χ2v) is 7.11. The standard InChI is InChI=1S/C16H22N2OS/c1-16(2,3)15-5-4-13(20-15)10-18-11-14(19)12-6-8-17-9-7-12/h4-9,14,18-19H,10-11H2,1-3H3. The van der Waals surface area contributed by atoms with E-state index in [2.05, 4.69) is 43.2 Å². The molecule has 4 heteroatoms. The monoisotopic (exact) mass is 290 g/mol. The maximum absolute atomic E-state index is 10.0. The fourth-order valence-corrected chi connectivity index (χ4v) is 2.95. The first-order chi connectivity index (χ1) is 9.47. The van der Waals surface area contributed by atoms with Gasteiger partial charge in [-0.1, -0.05) is 20.8 Å². The molecule has 108 valence electrons. The number of nitrogens with zero attached hydrogens (tertiary/aromatic N) is 1. The summed E-state index contributed by atoms with van der Waals surface area (Å²) in [7, 11) is 0. The van der Waals surface area contributed by atoms with Crippen molar-refractivity contribution in [1.29, 1.82) is 0 Å². The van der Waals surface area contributed by atoms with Crippen molar-refractivity contribution < 1.29 is 5.11 Å². The lowest BCUT2D eigenvalue weighted by Gasteiger charge is -2.15. The number of nitrogens with one attached hydrogen (secondary N) is 1. The first kappa shape index (κ1) is 15.2. The Labute approximate surface area is 124 Å². The quantitative estimate of drug-likeness (QED) is 0.888. The minimum atomic E-state index is -0.486. The normalized spacial score (nSPS) is 13.4. The van der Waals surface area contributed by atoms with Crippen molar-refractivity contribution in [2.45, 2.75) is 38.8 Å². The molecule has 20 heavy (non-hydrogen) atoms. The lowest BCUT2D eigenvalue weighted by Crippen LogP contribution is -2.20. The minimum absolute atomic E-state index is 0.208. The number of aliphatic hydroxyl groups is 1. The summed E-state index contributed by atoms with van der Waals surface area (Å²) in [5.74, 6) is 0. The van der Waals surface area contributed by atoms with Gasteiger partial charge in [-0.05, 0) is 35.2 Å². The SMILES string of the molecule is CC(C)(C)c1ccc(CNCC(O)c2ccncc2)s1. The van der Waals surface area contributed by atoms with Gasteiger partial charge in [0.25, 0.3) is 0 Å². The van der Waals surface area contributed by atoms with Crippen molar-refractivity contribution in [3.63, 3.8) is 0 Å². The van der Waals surface area contributed by atoms with Crippen molar-refractivity contribution in [2.75, 3.05) is 6.54 Å². The second kappa shape index (κ2) is 6.48. The molecule has 0 saturated heterocycles. The molecule has 0 bridgehead atoms. The Morgan fingerprint density at radius 3 is 2.50 bits per heavy atom. The third-order valence-corrected chi connectivity index (χ3v) is 4.64. The molecule has 2 rings (SSSR count). The lowest BCUT2D eigenvalue weighted by atomic mass is 9.95. The van der Waals surface area contributed by atoms with E-state index in [0.717, 1.165) is 12.1 Å². The minimum Gasteiger partial charge on any atom is -0.387 e. The van der Waals surface area contributed by atoms with Gasteiger partial charge in [-0.2, -0.15) is 0 Å². The van der Waals surface area contributed by atoms with Crippen LogP contribution in [0.3, 0.4) is 0 Å². The molecule has 1 unspecified atom stereocenters. The third-order valence-electron chi connectivity index (χ3n) is 3.13. The van der Waals surface area contributed by atoms with Gasteiger partial charge in [0.15, 0.2) is 0 Å². The summed E-state index contributed by atoms with van der Waals surface area (Å²) in [5, 5.41) is 13.4. The molecule has 0 saturated carbocycles. The first-order valence-corrected chi connectivity index (χ1v) is 7.66. The molecule has 3 nitrogen and oxygen atoms in total. The van der Waals surface area contributed by atoms with Gasteiger partial charge >= 0.3 is 0 Å². The molecule has 1 atom stereocenters. The van der Waals surface area contributed by atoms with Crippen molar-refractivity contribution in [3.05, 3.63) is 52.0 Å². The van der Waals surface area contributed by atoms with E-state index in [9.17, 15) is 5.11 Å². The van der Waals surface area contributed by atoms with E-state index in [1.165, 1.54) is 9.75 Å². The number of aromatic nitrogens is 1. The van der Waals surface area contributed by atoms with E-state index in [0.29, 0.717) is 6.54 Å². The molecule has 0 spiro atoms. The number of thiophene rings is 1. The Bertz CT molecular complexity index is 531. The maximum atomic E-state index is 10.0. The molecule has 2 N–H and O–H groups in total. The smallest absolute Gasteiger partial charge is 0.0915 e. The van der Waals surface area contributed by atoms with Crippen LogP contribution in [-0.4, -0.2) is 16.6 Å². The molecule has 0 radical (unpaired) electrons. The summed E-state index contributed by atoms with van der Waals surface area (Å²) < 4.78 is 0. The molecule has 0 aliphatic heterocycles. The summed E-state index contributed by atoms with van der Waals surface area (Å²) in [5.41, 5.74) is 1.11. The Morgan fingerprint density at radius 2 is 1.90 bits per heavy atom. The van der Waals surface area contributed by atoms with Gasteiger partial charge in [0.05, 0.1) is 6.10 Å². The van der Waals surface area contributed by atoms with E-state index in [1.807, 2.05) is 23.5 Å². The third kappa shape index (κ3) is 4.13. The van der Waals surface area contributed by atoms with Crippen LogP contribution in [0.1, 0.15) is 42.2 Å². The first-order valence-electron chi connectivity index (χ1n) is 6.85. The van der Waals surface area contributed by atoms with Gasteiger partial charge in [-0.25, -0.2) is 0 Å². The summed E-state index contributed by atoms with van der Waals surface area (Å²) in [6.45, 7) is 8.02. The van der Waals surface area contributed by atoms with Crippen LogP contribution < -0.4 is 5.32 Å². The fourth-order valence-electron chi connectivity index (χ4n) is 1.91. The Morgan fingerprint density at radius 1 is 1.20 bits per heavy atom. The number of pyridine rings is 1. The van der Waals surface area contributed by atoms with Crippen molar-refractivity contribution in [2.24, 2.45) is 0 Å². The van der Waals surface area contributed by atoms with Crippen LogP contribution in [0.2, 0.25) is 0 Å². The zero-order chi connectivity index (χ0) is 14.6. The number of hydrogen-bond acceptors (Lipinski definition) is 4. The van der Waals surface area contributed by atoms with Crippen molar-refractivity contribution in [1.82, 2.24) is 10.3 Å².